The van der Waals surface area contributed by atoms with Gasteiger partial charge in [-0.15, -0.1) is 0 Å². The fraction of sp³-hybridized carbons (Fsp3) is 0.143. The number of hydrogen-bond donors (Lipinski definition) is 1. The number of ether oxygens (including phenoxy) is 1. The highest BCUT2D eigenvalue weighted by atomic mass is 35.5. The molecule has 2 nitrogen and oxygen atoms in total. The Balaban J connectivity index is 2.23. The van der Waals surface area contributed by atoms with E-state index >= 15 is 0 Å². The molecule has 0 saturated carbocycles. The van der Waals surface area contributed by atoms with E-state index in [1.54, 1.807) is 18.2 Å². The van der Waals surface area contributed by atoms with Gasteiger partial charge < -0.3 is 10.1 Å². The smallest absolute Gasteiger partial charge is 0.184 e. The standard InChI is InChI=1S/C14H13ClFNO/c1-17-9-10-4-2-5-11(8-10)18-13-7-3-6-12(15)14(13)16/h2-8,17H,9H2,1H3. The Morgan fingerprint density at radius 3 is 2.78 bits per heavy atom. The van der Waals surface area contributed by atoms with Crippen LogP contribution in [-0.4, -0.2) is 7.05 Å². The molecule has 0 heterocycles. The normalized spacial score (nSPS) is 10.4. The Morgan fingerprint density at radius 2 is 2.00 bits per heavy atom. The van der Waals surface area contributed by atoms with E-state index in [0.717, 1.165) is 12.1 Å². The van der Waals surface area contributed by atoms with Gasteiger partial charge in [0.25, 0.3) is 0 Å². The van der Waals surface area contributed by atoms with E-state index in [-0.39, 0.29) is 10.8 Å². The Morgan fingerprint density at radius 1 is 1.22 bits per heavy atom. The highest BCUT2D eigenvalue weighted by Gasteiger charge is 2.08. The van der Waals surface area contributed by atoms with Gasteiger partial charge in [0.15, 0.2) is 11.6 Å². The molecule has 2 rings (SSSR count). The molecule has 0 aliphatic rings. The summed E-state index contributed by atoms with van der Waals surface area (Å²) < 4.78 is 19.2. The van der Waals surface area contributed by atoms with Crippen molar-refractivity contribution in [1.29, 1.82) is 0 Å². The van der Waals surface area contributed by atoms with E-state index in [4.69, 9.17) is 16.3 Å². The molecule has 0 aromatic heterocycles. The molecule has 0 fully saturated rings. The Hall–Kier alpha value is -1.58. The van der Waals surface area contributed by atoms with Crippen molar-refractivity contribution in [3.05, 3.63) is 58.9 Å². The summed E-state index contributed by atoms with van der Waals surface area (Å²) in [5.74, 6) is 0.172. The maximum atomic E-state index is 13.7. The minimum Gasteiger partial charge on any atom is -0.454 e. The van der Waals surface area contributed by atoms with E-state index in [0.29, 0.717) is 5.75 Å². The van der Waals surface area contributed by atoms with Crippen molar-refractivity contribution >= 4 is 11.6 Å². The second-order valence-corrected chi connectivity index (χ2v) is 4.24. The van der Waals surface area contributed by atoms with Gasteiger partial charge in [-0.3, -0.25) is 0 Å². The van der Waals surface area contributed by atoms with Crippen LogP contribution in [0.25, 0.3) is 0 Å². The molecule has 4 heteroatoms. The molecule has 0 unspecified atom stereocenters. The van der Waals surface area contributed by atoms with Gasteiger partial charge in [-0.05, 0) is 36.9 Å². The highest BCUT2D eigenvalue weighted by molar-refractivity contribution is 6.30. The number of rotatable bonds is 4. The van der Waals surface area contributed by atoms with Gasteiger partial charge >= 0.3 is 0 Å². The van der Waals surface area contributed by atoms with Crippen LogP contribution in [0.3, 0.4) is 0 Å². The van der Waals surface area contributed by atoms with Crippen molar-refractivity contribution in [3.63, 3.8) is 0 Å². The van der Waals surface area contributed by atoms with Gasteiger partial charge in [0, 0.05) is 6.54 Å². The first-order valence-corrected chi connectivity index (χ1v) is 5.94. The summed E-state index contributed by atoms with van der Waals surface area (Å²) in [7, 11) is 1.87. The fourth-order valence-corrected chi connectivity index (χ4v) is 1.78. The quantitative estimate of drug-likeness (QED) is 0.902. The lowest BCUT2D eigenvalue weighted by Gasteiger charge is -2.09. The first-order chi connectivity index (χ1) is 8.70. The van der Waals surface area contributed by atoms with Gasteiger partial charge in [0.2, 0.25) is 0 Å². The van der Waals surface area contributed by atoms with Crippen LogP contribution >= 0.6 is 11.6 Å². The summed E-state index contributed by atoms with van der Waals surface area (Å²) in [6, 6.07) is 12.2. The topological polar surface area (TPSA) is 21.3 Å². The van der Waals surface area contributed by atoms with Crippen molar-refractivity contribution < 1.29 is 9.13 Å². The Bertz CT molecular complexity index is 545. The van der Waals surface area contributed by atoms with Crippen LogP contribution in [0.2, 0.25) is 5.02 Å². The van der Waals surface area contributed by atoms with Crippen LogP contribution in [0.4, 0.5) is 4.39 Å². The molecule has 2 aromatic rings. The SMILES string of the molecule is CNCc1cccc(Oc2cccc(Cl)c2F)c1. The average Bonchev–Trinajstić information content (AvgIpc) is 2.36. The predicted octanol–water partition coefficient (Wildman–Crippen LogP) is 3.99. The summed E-state index contributed by atoms with van der Waals surface area (Å²) >= 11 is 5.70. The summed E-state index contributed by atoms with van der Waals surface area (Å²) in [4.78, 5) is 0. The maximum Gasteiger partial charge on any atom is 0.184 e. The molecule has 18 heavy (non-hydrogen) atoms. The summed E-state index contributed by atoms with van der Waals surface area (Å²) in [6.45, 7) is 0.731. The number of benzene rings is 2. The molecule has 0 spiro atoms. The second-order valence-electron chi connectivity index (χ2n) is 3.83. The minimum absolute atomic E-state index is 0.0545. The van der Waals surface area contributed by atoms with Gasteiger partial charge in [0.05, 0.1) is 5.02 Å². The van der Waals surface area contributed by atoms with Crippen LogP contribution < -0.4 is 10.1 Å². The fourth-order valence-electron chi connectivity index (χ4n) is 1.61. The molecule has 0 aliphatic heterocycles. The number of nitrogens with one attached hydrogen (secondary N) is 1. The van der Waals surface area contributed by atoms with E-state index in [2.05, 4.69) is 5.32 Å². The third-order valence-corrected chi connectivity index (χ3v) is 2.72. The van der Waals surface area contributed by atoms with Crippen molar-refractivity contribution in [3.8, 4) is 11.5 Å². The molecule has 0 saturated heterocycles. The molecular formula is C14H13ClFNO. The summed E-state index contributed by atoms with van der Waals surface area (Å²) in [6.07, 6.45) is 0. The minimum atomic E-state index is -0.543. The van der Waals surface area contributed by atoms with Gasteiger partial charge in [-0.2, -0.15) is 0 Å². The van der Waals surface area contributed by atoms with E-state index < -0.39 is 5.82 Å². The van der Waals surface area contributed by atoms with E-state index in [1.807, 2.05) is 25.2 Å². The van der Waals surface area contributed by atoms with Crippen molar-refractivity contribution in [1.82, 2.24) is 5.32 Å². The van der Waals surface area contributed by atoms with E-state index in [1.165, 1.54) is 6.07 Å². The monoisotopic (exact) mass is 265 g/mol. The van der Waals surface area contributed by atoms with Crippen LogP contribution in [0, 0.1) is 5.82 Å². The molecular weight excluding hydrogens is 253 g/mol. The lowest BCUT2D eigenvalue weighted by Crippen LogP contribution is -2.04. The molecule has 94 valence electrons. The summed E-state index contributed by atoms with van der Waals surface area (Å²) in [5.41, 5.74) is 1.07. The first-order valence-electron chi connectivity index (χ1n) is 5.56. The van der Waals surface area contributed by atoms with Gasteiger partial charge in [-0.25, -0.2) is 4.39 Å². The zero-order valence-corrected chi connectivity index (χ0v) is 10.7. The van der Waals surface area contributed by atoms with Crippen molar-refractivity contribution in [2.75, 3.05) is 7.05 Å². The molecule has 0 amide bonds. The zero-order valence-electron chi connectivity index (χ0n) is 9.91. The van der Waals surface area contributed by atoms with Crippen molar-refractivity contribution in [2.24, 2.45) is 0 Å². The third-order valence-electron chi connectivity index (χ3n) is 2.42. The predicted molar refractivity (Wildman–Crippen MR) is 70.7 cm³/mol. The molecule has 0 radical (unpaired) electrons. The molecule has 0 aliphatic carbocycles. The Labute approximate surface area is 110 Å². The van der Waals surface area contributed by atoms with Gasteiger partial charge in [-0.1, -0.05) is 29.8 Å². The first kappa shape index (κ1) is 12.9. The van der Waals surface area contributed by atoms with Gasteiger partial charge in [0.1, 0.15) is 5.75 Å². The second kappa shape index (κ2) is 5.85. The Kier molecular flexibility index (Phi) is 4.18. The lowest BCUT2D eigenvalue weighted by atomic mass is 10.2. The van der Waals surface area contributed by atoms with Crippen LogP contribution in [0.15, 0.2) is 42.5 Å². The molecule has 1 N–H and O–H groups in total. The largest absolute Gasteiger partial charge is 0.454 e. The lowest BCUT2D eigenvalue weighted by molar-refractivity contribution is 0.442. The number of hydrogen-bond acceptors (Lipinski definition) is 2. The van der Waals surface area contributed by atoms with Crippen LogP contribution in [0.5, 0.6) is 11.5 Å². The number of halogens is 2. The molecule has 0 bridgehead atoms. The molecule has 0 atom stereocenters. The highest BCUT2D eigenvalue weighted by Crippen LogP contribution is 2.28. The summed E-state index contributed by atoms with van der Waals surface area (Å²) in [5, 5.41) is 3.10. The van der Waals surface area contributed by atoms with E-state index in [9.17, 15) is 4.39 Å². The maximum absolute atomic E-state index is 13.7. The third kappa shape index (κ3) is 3.00. The van der Waals surface area contributed by atoms with Crippen LogP contribution in [-0.2, 0) is 6.54 Å². The average molecular weight is 266 g/mol. The van der Waals surface area contributed by atoms with Crippen molar-refractivity contribution in [2.45, 2.75) is 6.54 Å². The van der Waals surface area contributed by atoms with Crippen LogP contribution in [0.1, 0.15) is 5.56 Å². The molecule has 2 aromatic carbocycles. The zero-order chi connectivity index (χ0) is 13.0.